The van der Waals surface area contributed by atoms with Crippen molar-refractivity contribution in [1.82, 2.24) is 0 Å². The number of hydrogen-bond donors (Lipinski definition) is 1. The highest BCUT2D eigenvalue weighted by Crippen LogP contribution is 2.33. The summed E-state index contributed by atoms with van der Waals surface area (Å²) in [5.41, 5.74) is 7.01. The molecule has 0 aliphatic carbocycles. The molecule has 2 atom stereocenters. The van der Waals surface area contributed by atoms with E-state index in [0.717, 1.165) is 5.56 Å². The molecule has 96 valence electrons. The minimum absolute atomic E-state index is 0.144. The van der Waals surface area contributed by atoms with Crippen LogP contribution in [0.3, 0.4) is 0 Å². The Balaban J connectivity index is 2.27. The van der Waals surface area contributed by atoms with Crippen molar-refractivity contribution in [3.05, 3.63) is 50.6 Å². The molecule has 0 radical (unpaired) electrons. The number of thiophene rings is 1. The van der Waals surface area contributed by atoms with E-state index >= 15 is 0 Å². The summed E-state index contributed by atoms with van der Waals surface area (Å²) in [6, 6.07) is 6.99. The van der Waals surface area contributed by atoms with Crippen LogP contribution in [0.15, 0.2) is 35.0 Å². The number of ether oxygens (including phenoxy) is 1. The molecular weight excluding hydrogens is 289 g/mol. The zero-order valence-electron chi connectivity index (χ0n) is 9.77. The summed E-state index contributed by atoms with van der Waals surface area (Å²) in [4.78, 5) is 0. The second-order valence-corrected chi connectivity index (χ2v) is 5.65. The van der Waals surface area contributed by atoms with Crippen molar-refractivity contribution >= 4 is 34.5 Å². The van der Waals surface area contributed by atoms with Crippen LogP contribution in [0.4, 0.5) is 0 Å². The van der Waals surface area contributed by atoms with Crippen molar-refractivity contribution in [2.45, 2.75) is 19.1 Å². The molecule has 0 aliphatic heterocycles. The minimum atomic E-state index is -0.229. The Hall–Kier alpha value is -0.740. The number of hydrogen-bond acceptors (Lipinski definition) is 3. The lowest BCUT2D eigenvalue weighted by Gasteiger charge is -2.22. The standard InChI is InChI=1S/C13H13Cl2NOS/c1-8(16)13(9-4-5-18-7-9)17-12-6-10(14)2-3-11(12)15/h2-8,13H,16H2,1H3. The van der Waals surface area contributed by atoms with E-state index in [4.69, 9.17) is 33.7 Å². The van der Waals surface area contributed by atoms with Crippen molar-refractivity contribution in [1.29, 1.82) is 0 Å². The van der Waals surface area contributed by atoms with E-state index in [1.807, 2.05) is 23.8 Å². The Kier molecular flexibility index (Phi) is 4.51. The van der Waals surface area contributed by atoms with Crippen molar-refractivity contribution in [2.24, 2.45) is 5.73 Å². The maximum Gasteiger partial charge on any atom is 0.140 e. The first-order valence-corrected chi connectivity index (χ1v) is 7.17. The Labute approximate surface area is 120 Å². The molecule has 1 heterocycles. The van der Waals surface area contributed by atoms with Gasteiger partial charge in [0.15, 0.2) is 0 Å². The van der Waals surface area contributed by atoms with Crippen LogP contribution in [0.5, 0.6) is 5.75 Å². The predicted molar refractivity (Wildman–Crippen MR) is 77.8 cm³/mol. The van der Waals surface area contributed by atoms with Gasteiger partial charge >= 0.3 is 0 Å². The van der Waals surface area contributed by atoms with E-state index in [0.29, 0.717) is 15.8 Å². The van der Waals surface area contributed by atoms with E-state index in [2.05, 4.69) is 0 Å². The van der Waals surface area contributed by atoms with Crippen LogP contribution in [0, 0.1) is 0 Å². The molecule has 0 saturated heterocycles. The first-order valence-electron chi connectivity index (χ1n) is 5.47. The lowest BCUT2D eigenvalue weighted by molar-refractivity contribution is 0.181. The highest BCUT2D eigenvalue weighted by molar-refractivity contribution is 7.07. The van der Waals surface area contributed by atoms with Gasteiger partial charge in [-0.25, -0.2) is 0 Å². The molecule has 0 amide bonds. The number of rotatable bonds is 4. The van der Waals surface area contributed by atoms with Gasteiger partial charge in [-0.3, -0.25) is 0 Å². The maximum absolute atomic E-state index is 6.08. The molecule has 1 aromatic carbocycles. The molecule has 18 heavy (non-hydrogen) atoms. The fourth-order valence-corrected chi connectivity index (χ4v) is 2.63. The van der Waals surface area contributed by atoms with Crippen molar-refractivity contribution in [3.8, 4) is 5.75 Å². The molecule has 0 saturated carbocycles. The van der Waals surface area contributed by atoms with Crippen LogP contribution in [-0.4, -0.2) is 6.04 Å². The zero-order valence-corrected chi connectivity index (χ0v) is 12.1. The van der Waals surface area contributed by atoms with Gasteiger partial charge in [-0.15, -0.1) is 0 Å². The van der Waals surface area contributed by atoms with Crippen molar-refractivity contribution in [2.75, 3.05) is 0 Å². The second-order valence-electron chi connectivity index (χ2n) is 4.03. The average molecular weight is 302 g/mol. The molecule has 2 nitrogen and oxygen atoms in total. The van der Waals surface area contributed by atoms with Gasteiger partial charge in [0.05, 0.1) is 5.02 Å². The molecule has 2 rings (SSSR count). The zero-order chi connectivity index (χ0) is 13.1. The molecule has 2 N–H and O–H groups in total. The molecule has 0 fully saturated rings. The maximum atomic E-state index is 6.08. The van der Waals surface area contributed by atoms with Crippen LogP contribution in [0.1, 0.15) is 18.6 Å². The summed E-state index contributed by atoms with van der Waals surface area (Å²) in [6.07, 6.45) is -0.229. The molecule has 0 bridgehead atoms. The topological polar surface area (TPSA) is 35.2 Å². The third-order valence-electron chi connectivity index (χ3n) is 2.50. The van der Waals surface area contributed by atoms with Gasteiger partial charge in [-0.1, -0.05) is 23.2 Å². The first-order chi connectivity index (χ1) is 8.58. The molecule has 2 aromatic rings. The number of halogens is 2. The smallest absolute Gasteiger partial charge is 0.140 e. The monoisotopic (exact) mass is 301 g/mol. The van der Waals surface area contributed by atoms with Crippen molar-refractivity contribution < 1.29 is 4.74 Å². The fourth-order valence-electron chi connectivity index (χ4n) is 1.62. The Morgan fingerprint density at radius 1 is 1.28 bits per heavy atom. The van der Waals surface area contributed by atoms with E-state index in [-0.39, 0.29) is 12.1 Å². The normalized spacial score (nSPS) is 14.2. The lowest BCUT2D eigenvalue weighted by Crippen LogP contribution is -2.28. The summed E-state index contributed by atoms with van der Waals surface area (Å²) in [5, 5.41) is 5.13. The van der Waals surface area contributed by atoms with Gasteiger partial charge < -0.3 is 10.5 Å². The van der Waals surface area contributed by atoms with Gasteiger partial charge in [0.1, 0.15) is 11.9 Å². The van der Waals surface area contributed by atoms with Crippen LogP contribution in [-0.2, 0) is 0 Å². The molecule has 5 heteroatoms. The SMILES string of the molecule is CC(N)C(Oc1cc(Cl)ccc1Cl)c1ccsc1. The van der Waals surface area contributed by atoms with Crippen LogP contribution in [0.25, 0.3) is 0 Å². The van der Waals surface area contributed by atoms with Gasteiger partial charge in [-0.05, 0) is 35.9 Å². The van der Waals surface area contributed by atoms with E-state index < -0.39 is 0 Å². The lowest BCUT2D eigenvalue weighted by atomic mass is 10.1. The van der Waals surface area contributed by atoms with E-state index in [1.165, 1.54) is 0 Å². The first kappa shape index (κ1) is 13.7. The van der Waals surface area contributed by atoms with E-state index in [9.17, 15) is 0 Å². The van der Waals surface area contributed by atoms with Gasteiger partial charge in [0.25, 0.3) is 0 Å². The van der Waals surface area contributed by atoms with Crippen LogP contribution >= 0.6 is 34.5 Å². The summed E-state index contributed by atoms with van der Waals surface area (Å²) in [6.45, 7) is 1.90. The molecule has 1 aromatic heterocycles. The second kappa shape index (κ2) is 5.93. The summed E-state index contributed by atoms with van der Waals surface area (Å²) in [5.74, 6) is 0.553. The minimum Gasteiger partial charge on any atom is -0.482 e. The number of benzene rings is 1. The highest BCUT2D eigenvalue weighted by Gasteiger charge is 2.20. The molecule has 0 spiro atoms. The summed E-state index contributed by atoms with van der Waals surface area (Å²) >= 11 is 13.6. The average Bonchev–Trinajstić information content (AvgIpc) is 2.83. The van der Waals surface area contributed by atoms with Crippen LogP contribution in [0.2, 0.25) is 10.0 Å². The Morgan fingerprint density at radius 3 is 2.67 bits per heavy atom. The fraction of sp³-hybridized carbons (Fsp3) is 0.231. The molecule has 2 unspecified atom stereocenters. The van der Waals surface area contributed by atoms with Gasteiger partial charge in [0, 0.05) is 22.7 Å². The Bertz CT molecular complexity index is 514. The summed E-state index contributed by atoms with van der Waals surface area (Å²) in [7, 11) is 0. The van der Waals surface area contributed by atoms with Crippen molar-refractivity contribution in [3.63, 3.8) is 0 Å². The Morgan fingerprint density at radius 2 is 2.06 bits per heavy atom. The summed E-state index contributed by atoms with van der Waals surface area (Å²) < 4.78 is 5.90. The highest BCUT2D eigenvalue weighted by atomic mass is 35.5. The molecular formula is C13H13Cl2NOS. The van der Waals surface area contributed by atoms with Gasteiger partial charge in [-0.2, -0.15) is 11.3 Å². The third-order valence-corrected chi connectivity index (χ3v) is 3.75. The largest absolute Gasteiger partial charge is 0.482 e. The van der Waals surface area contributed by atoms with E-state index in [1.54, 1.807) is 29.5 Å². The molecule has 0 aliphatic rings. The number of nitrogens with two attached hydrogens (primary N) is 1. The quantitative estimate of drug-likeness (QED) is 0.901. The van der Waals surface area contributed by atoms with Gasteiger partial charge in [0.2, 0.25) is 0 Å². The van der Waals surface area contributed by atoms with Crippen LogP contribution < -0.4 is 10.5 Å². The predicted octanol–water partition coefficient (Wildman–Crippen LogP) is 4.52. The third kappa shape index (κ3) is 3.18.